The Hall–Kier alpha value is -2.38. The zero-order chi connectivity index (χ0) is 19.5. The minimum atomic E-state index is -0.232. The Bertz CT molecular complexity index is 870. The van der Waals surface area contributed by atoms with Crippen LogP contribution in [0.2, 0.25) is 0 Å². The molecule has 0 saturated carbocycles. The zero-order valence-electron chi connectivity index (χ0n) is 16.7. The number of nitrogens with zero attached hydrogens (tertiary/aromatic N) is 3. The molecule has 2 aromatic rings. The molecular weight excluding hydrogens is 390 g/mol. The fourth-order valence-corrected chi connectivity index (χ4v) is 3.95. The molecule has 0 spiro atoms. The molecule has 1 atom stereocenters. The van der Waals surface area contributed by atoms with Crippen molar-refractivity contribution in [1.82, 2.24) is 20.0 Å². The zero-order valence-corrected chi connectivity index (χ0v) is 17.5. The van der Waals surface area contributed by atoms with Gasteiger partial charge in [-0.05, 0) is 69.0 Å². The molecule has 2 aliphatic heterocycles. The van der Waals surface area contributed by atoms with Gasteiger partial charge in [-0.2, -0.15) is 5.10 Å². The third-order valence-corrected chi connectivity index (χ3v) is 5.60. The van der Waals surface area contributed by atoms with Crippen LogP contribution in [0.25, 0.3) is 0 Å². The van der Waals surface area contributed by atoms with E-state index in [1.807, 2.05) is 28.8 Å². The van der Waals surface area contributed by atoms with Crippen LogP contribution in [0, 0.1) is 6.92 Å². The van der Waals surface area contributed by atoms with Crippen LogP contribution < -0.4 is 10.6 Å². The standard InChI is InChI=1S/C21H27N5O2.ClH/c1-15-13-16(21(28)25-10-2-3-11-25)6-7-18(15)23-20(27)19-8-12-26(24-19)17-5-4-9-22-14-17;/h6-8,12-13,17,22H,2-5,9-11,14H2,1H3,(H,23,27);1H. The lowest BCUT2D eigenvalue weighted by atomic mass is 10.1. The number of benzene rings is 1. The largest absolute Gasteiger partial charge is 0.339 e. The molecule has 2 fully saturated rings. The molecule has 156 valence electrons. The second-order valence-electron chi connectivity index (χ2n) is 7.66. The van der Waals surface area contributed by atoms with Crippen molar-refractivity contribution in [2.75, 3.05) is 31.5 Å². The SMILES string of the molecule is Cc1cc(C(=O)N2CCCC2)ccc1NC(=O)c1ccn(C2CCCNC2)n1.Cl. The van der Waals surface area contributed by atoms with Gasteiger partial charge in [0.25, 0.3) is 11.8 Å². The molecule has 1 aromatic carbocycles. The van der Waals surface area contributed by atoms with Gasteiger partial charge >= 0.3 is 0 Å². The smallest absolute Gasteiger partial charge is 0.276 e. The van der Waals surface area contributed by atoms with Crippen LogP contribution in [0.4, 0.5) is 5.69 Å². The molecule has 1 unspecified atom stereocenters. The van der Waals surface area contributed by atoms with E-state index in [1.165, 1.54) is 0 Å². The van der Waals surface area contributed by atoms with E-state index < -0.39 is 0 Å². The van der Waals surface area contributed by atoms with E-state index in [0.29, 0.717) is 23.0 Å². The van der Waals surface area contributed by atoms with Crippen LogP contribution in [0.1, 0.15) is 58.1 Å². The van der Waals surface area contributed by atoms with Crippen LogP contribution >= 0.6 is 12.4 Å². The van der Waals surface area contributed by atoms with Crippen molar-refractivity contribution in [3.8, 4) is 0 Å². The summed E-state index contributed by atoms with van der Waals surface area (Å²) in [5, 5.41) is 10.7. The van der Waals surface area contributed by atoms with Gasteiger partial charge in [-0.25, -0.2) is 0 Å². The molecule has 7 nitrogen and oxygen atoms in total. The number of carbonyl (C=O) groups excluding carboxylic acids is 2. The maximum atomic E-state index is 12.6. The Morgan fingerprint density at radius 3 is 2.66 bits per heavy atom. The first kappa shape index (κ1) is 21.3. The molecule has 8 heteroatoms. The first-order valence-corrected chi connectivity index (χ1v) is 10.1. The van der Waals surface area contributed by atoms with E-state index in [9.17, 15) is 9.59 Å². The van der Waals surface area contributed by atoms with E-state index in [4.69, 9.17) is 0 Å². The molecule has 2 N–H and O–H groups in total. The van der Waals surface area contributed by atoms with E-state index in [0.717, 1.165) is 57.4 Å². The molecule has 29 heavy (non-hydrogen) atoms. The highest BCUT2D eigenvalue weighted by atomic mass is 35.5. The molecule has 1 aromatic heterocycles. The number of carbonyl (C=O) groups is 2. The summed E-state index contributed by atoms with van der Waals surface area (Å²) in [7, 11) is 0. The number of rotatable bonds is 4. The molecule has 2 aliphatic rings. The molecular formula is C21H28ClN5O2. The number of amides is 2. The van der Waals surface area contributed by atoms with E-state index in [1.54, 1.807) is 18.2 Å². The molecule has 0 aliphatic carbocycles. The first-order valence-electron chi connectivity index (χ1n) is 10.1. The summed E-state index contributed by atoms with van der Waals surface area (Å²) in [6, 6.07) is 7.49. The predicted octanol–water partition coefficient (Wildman–Crippen LogP) is 3.03. The monoisotopic (exact) mass is 417 g/mol. The van der Waals surface area contributed by atoms with Gasteiger partial charge in [-0.15, -0.1) is 12.4 Å². The summed E-state index contributed by atoms with van der Waals surface area (Å²) in [6.45, 7) is 5.49. The third kappa shape index (κ3) is 4.79. The lowest BCUT2D eigenvalue weighted by Crippen LogP contribution is -2.32. The topological polar surface area (TPSA) is 79.3 Å². The van der Waals surface area contributed by atoms with Crippen molar-refractivity contribution in [3.05, 3.63) is 47.3 Å². The highest BCUT2D eigenvalue weighted by molar-refractivity contribution is 6.03. The van der Waals surface area contributed by atoms with Crippen molar-refractivity contribution >= 4 is 29.9 Å². The quantitative estimate of drug-likeness (QED) is 0.801. The Labute approximate surface area is 177 Å². The van der Waals surface area contributed by atoms with Gasteiger partial charge in [-0.3, -0.25) is 14.3 Å². The number of nitrogens with one attached hydrogen (secondary N) is 2. The van der Waals surface area contributed by atoms with Crippen molar-refractivity contribution in [3.63, 3.8) is 0 Å². The summed E-state index contributed by atoms with van der Waals surface area (Å²) in [5.41, 5.74) is 2.65. The number of hydrogen-bond acceptors (Lipinski definition) is 4. The lowest BCUT2D eigenvalue weighted by Gasteiger charge is -2.22. The van der Waals surface area contributed by atoms with Crippen molar-refractivity contribution < 1.29 is 9.59 Å². The fraction of sp³-hybridized carbons (Fsp3) is 0.476. The predicted molar refractivity (Wildman–Crippen MR) is 115 cm³/mol. The molecule has 4 rings (SSSR count). The fourth-order valence-electron chi connectivity index (χ4n) is 3.95. The van der Waals surface area contributed by atoms with Gasteiger partial charge in [0.05, 0.1) is 6.04 Å². The number of likely N-dealkylation sites (tertiary alicyclic amines) is 1. The number of anilines is 1. The minimum absolute atomic E-state index is 0. The normalized spacial score (nSPS) is 18.9. The van der Waals surface area contributed by atoms with Gasteiger partial charge in [0.15, 0.2) is 5.69 Å². The van der Waals surface area contributed by atoms with Gasteiger partial charge in [0.1, 0.15) is 0 Å². The summed E-state index contributed by atoms with van der Waals surface area (Å²) < 4.78 is 1.88. The van der Waals surface area contributed by atoms with Crippen LogP contribution in [-0.4, -0.2) is 52.7 Å². The molecule has 0 bridgehead atoms. The highest BCUT2D eigenvalue weighted by Crippen LogP contribution is 2.21. The lowest BCUT2D eigenvalue weighted by molar-refractivity contribution is 0.0792. The molecule has 0 radical (unpaired) electrons. The number of aromatic nitrogens is 2. The van der Waals surface area contributed by atoms with Crippen molar-refractivity contribution in [2.45, 2.75) is 38.6 Å². The Morgan fingerprint density at radius 1 is 1.17 bits per heavy atom. The van der Waals surface area contributed by atoms with Gasteiger partial charge in [-0.1, -0.05) is 0 Å². The van der Waals surface area contributed by atoms with Crippen LogP contribution in [0.5, 0.6) is 0 Å². The molecule has 2 amide bonds. The van der Waals surface area contributed by atoms with E-state index in [2.05, 4.69) is 15.7 Å². The summed E-state index contributed by atoms with van der Waals surface area (Å²) in [4.78, 5) is 27.0. The second kappa shape index (κ2) is 9.41. The maximum absolute atomic E-state index is 12.6. The molecule has 3 heterocycles. The van der Waals surface area contributed by atoms with Crippen molar-refractivity contribution in [2.24, 2.45) is 0 Å². The first-order chi connectivity index (χ1) is 13.6. The van der Waals surface area contributed by atoms with E-state index in [-0.39, 0.29) is 24.2 Å². The van der Waals surface area contributed by atoms with Crippen LogP contribution in [0.15, 0.2) is 30.5 Å². The van der Waals surface area contributed by atoms with Gasteiger partial charge in [0.2, 0.25) is 0 Å². The molecule has 2 saturated heterocycles. The average molecular weight is 418 g/mol. The Kier molecular flexibility index (Phi) is 6.92. The number of aryl methyl sites for hydroxylation is 1. The van der Waals surface area contributed by atoms with Gasteiger partial charge in [0, 0.05) is 37.1 Å². The van der Waals surface area contributed by atoms with Crippen molar-refractivity contribution in [1.29, 1.82) is 0 Å². The summed E-state index contributed by atoms with van der Waals surface area (Å²) in [6.07, 6.45) is 6.21. The minimum Gasteiger partial charge on any atom is -0.339 e. The Balaban J connectivity index is 0.00000240. The number of piperidine rings is 1. The number of halogens is 1. The average Bonchev–Trinajstić information content (AvgIpc) is 3.42. The summed E-state index contributed by atoms with van der Waals surface area (Å²) >= 11 is 0. The van der Waals surface area contributed by atoms with Gasteiger partial charge < -0.3 is 15.5 Å². The Morgan fingerprint density at radius 2 is 1.97 bits per heavy atom. The van der Waals surface area contributed by atoms with Crippen LogP contribution in [-0.2, 0) is 0 Å². The second-order valence-corrected chi connectivity index (χ2v) is 7.66. The summed E-state index contributed by atoms with van der Waals surface area (Å²) in [5.74, 6) is -0.164. The highest BCUT2D eigenvalue weighted by Gasteiger charge is 2.21. The number of hydrogen-bond donors (Lipinski definition) is 2. The third-order valence-electron chi connectivity index (χ3n) is 5.60. The van der Waals surface area contributed by atoms with Crippen LogP contribution in [0.3, 0.4) is 0 Å². The van der Waals surface area contributed by atoms with E-state index >= 15 is 0 Å². The maximum Gasteiger partial charge on any atom is 0.276 e.